The number of unbranched alkanes of at least 4 members (excludes halogenated alkanes) is 7. The number of hydrogen-bond acceptors (Lipinski definition) is 1. The van der Waals surface area contributed by atoms with Crippen molar-refractivity contribution in [2.75, 3.05) is 0 Å². The Labute approximate surface area is 96.1 Å². The van der Waals surface area contributed by atoms with Crippen molar-refractivity contribution in [3.05, 3.63) is 12.7 Å². The molecule has 0 aliphatic heterocycles. The summed E-state index contributed by atoms with van der Waals surface area (Å²) in [5, 5.41) is 0. The van der Waals surface area contributed by atoms with Gasteiger partial charge in [0.1, 0.15) is 0 Å². The third kappa shape index (κ3) is 11.6. The van der Waals surface area contributed by atoms with Gasteiger partial charge < -0.3 is 5.73 Å². The van der Waals surface area contributed by atoms with Gasteiger partial charge >= 0.3 is 0 Å². The Bertz CT molecular complexity index is 131. The lowest BCUT2D eigenvalue weighted by atomic mass is 10.0. The Balaban J connectivity index is 2.95. The van der Waals surface area contributed by atoms with Gasteiger partial charge in [-0.3, -0.25) is 0 Å². The number of nitrogens with two attached hydrogens (primary N) is 1. The van der Waals surface area contributed by atoms with Crippen LogP contribution in [0.3, 0.4) is 0 Å². The average molecular weight is 211 g/mol. The number of allylic oxidation sites excluding steroid dienone is 1. The van der Waals surface area contributed by atoms with E-state index in [4.69, 9.17) is 5.73 Å². The molecule has 0 aliphatic carbocycles. The molecule has 0 saturated heterocycles. The molecule has 0 fully saturated rings. The van der Waals surface area contributed by atoms with Crippen molar-refractivity contribution in [1.82, 2.24) is 0 Å². The van der Waals surface area contributed by atoms with Gasteiger partial charge in [-0.2, -0.15) is 0 Å². The lowest BCUT2D eigenvalue weighted by Crippen LogP contribution is -2.17. The van der Waals surface area contributed by atoms with E-state index in [-0.39, 0.29) is 0 Å². The summed E-state index contributed by atoms with van der Waals surface area (Å²) in [5.41, 5.74) is 5.86. The second-order valence-corrected chi connectivity index (χ2v) is 4.51. The minimum atomic E-state index is 0.442. The molecule has 1 nitrogen and oxygen atoms in total. The monoisotopic (exact) mass is 211 g/mol. The van der Waals surface area contributed by atoms with E-state index < -0.39 is 0 Å². The minimum absolute atomic E-state index is 0.442. The van der Waals surface area contributed by atoms with Crippen LogP contribution in [0, 0.1) is 0 Å². The van der Waals surface area contributed by atoms with Crippen LogP contribution in [0.4, 0.5) is 0 Å². The molecular weight excluding hydrogens is 182 g/mol. The van der Waals surface area contributed by atoms with E-state index in [2.05, 4.69) is 13.5 Å². The molecule has 0 spiro atoms. The molecule has 0 heterocycles. The summed E-state index contributed by atoms with van der Waals surface area (Å²) in [6.07, 6.45) is 15.1. The zero-order valence-electron chi connectivity index (χ0n) is 10.5. The maximum Gasteiger partial charge on any atom is 0.00362 e. The summed E-state index contributed by atoms with van der Waals surface area (Å²) in [5.74, 6) is 0. The lowest BCUT2D eigenvalue weighted by Gasteiger charge is -2.07. The molecule has 0 amide bonds. The molecule has 0 rings (SSSR count). The predicted molar refractivity (Wildman–Crippen MR) is 70.0 cm³/mol. The van der Waals surface area contributed by atoms with Gasteiger partial charge in [-0.25, -0.2) is 0 Å². The van der Waals surface area contributed by atoms with Gasteiger partial charge in [-0.05, 0) is 25.7 Å². The Hall–Kier alpha value is -0.300. The molecule has 0 aromatic carbocycles. The van der Waals surface area contributed by atoms with E-state index >= 15 is 0 Å². The average Bonchev–Trinajstić information content (AvgIpc) is 2.26. The van der Waals surface area contributed by atoms with Gasteiger partial charge in [-0.15, -0.1) is 6.58 Å². The van der Waals surface area contributed by atoms with Crippen LogP contribution in [0.15, 0.2) is 12.7 Å². The molecule has 0 aromatic rings. The third-order valence-corrected chi connectivity index (χ3v) is 3.01. The Morgan fingerprint density at radius 1 is 1.00 bits per heavy atom. The smallest absolute Gasteiger partial charge is 0.00362 e. The van der Waals surface area contributed by atoms with Crippen LogP contribution in [-0.2, 0) is 0 Å². The van der Waals surface area contributed by atoms with Crippen molar-refractivity contribution in [1.29, 1.82) is 0 Å². The van der Waals surface area contributed by atoms with Gasteiger partial charge in [0.05, 0.1) is 0 Å². The Kier molecular flexibility index (Phi) is 11.5. The van der Waals surface area contributed by atoms with Gasteiger partial charge in [0, 0.05) is 6.04 Å². The van der Waals surface area contributed by atoms with Crippen LogP contribution in [0.1, 0.15) is 71.1 Å². The molecule has 0 aromatic heterocycles. The summed E-state index contributed by atoms with van der Waals surface area (Å²) in [6.45, 7) is 5.90. The quantitative estimate of drug-likeness (QED) is 0.397. The van der Waals surface area contributed by atoms with E-state index in [1.165, 1.54) is 57.8 Å². The third-order valence-electron chi connectivity index (χ3n) is 3.01. The first-order valence-electron chi connectivity index (χ1n) is 6.67. The fraction of sp³-hybridized carbons (Fsp3) is 0.857. The highest BCUT2D eigenvalue weighted by Gasteiger charge is 1.98. The van der Waals surface area contributed by atoms with Crippen LogP contribution < -0.4 is 5.73 Å². The number of rotatable bonds is 11. The summed E-state index contributed by atoms with van der Waals surface area (Å²) < 4.78 is 0. The predicted octanol–water partition coefficient (Wildman–Crippen LogP) is 4.42. The first kappa shape index (κ1) is 14.7. The van der Waals surface area contributed by atoms with Crippen LogP contribution in [0.2, 0.25) is 0 Å². The van der Waals surface area contributed by atoms with Crippen LogP contribution >= 0.6 is 0 Å². The van der Waals surface area contributed by atoms with Gasteiger partial charge in [0.25, 0.3) is 0 Å². The molecule has 0 bridgehead atoms. The molecule has 0 saturated carbocycles. The molecular formula is C14H29N. The highest BCUT2D eigenvalue weighted by atomic mass is 14.6. The van der Waals surface area contributed by atoms with Crippen molar-refractivity contribution < 1.29 is 0 Å². The first-order valence-corrected chi connectivity index (χ1v) is 6.67. The van der Waals surface area contributed by atoms with E-state index in [1.807, 2.05) is 6.08 Å². The summed E-state index contributed by atoms with van der Waals surface area (Å²) in [6, 6.07) is 0.442. The Morgan fingerprint density at radius 3 is 2.07 bits per heavy atom. The van der Waals surface area contributed by atoms with Gasteiger partial charge in [0.2, 0.25) is 0 Å². The molecule has 0 aliphatic rings. The van der Waals surface area contributed by atoms with Crippen LogP contribution in [0.25, 0.3) is 0 Å². The summed E-state index contributed by atoms with van der Waals surface area (Å²) >= 11 is 0. The number of hydrogen-bond donors (Lipinski definition) is 1. The van der Waals surface area contributed by atoms with Crippen molar-refractivity contribution in [3.63, 3.8) is 0 Å². The maximum absolute atomic E-state index is 5.86. The van der Waals surface area contributed by atoms with E-state index in [0.717, 1.165) is 6.42 Å². The van der Waals surface area contributed by atoms with Crippen molar-refractivity contribution in [2.45, 2.75) is 77.2 Å². The maximum atomic E-state index is 5.86. The lowest BCUT2D eigenvalue weighted by molar-refractivity contribution is 0.520. The SMILES string of the molecule is C=CCCCCCCCCCC(N)CC. The summed E-state index contributed by atoms with van der Waals surface area (Å²) in [4.78, 5) is 0. The Morgan fingerprint density at radius 2 is 1.53 bits per heavy atom. The standard InChI is InChI=1S/C14H29N/c1-3-5-6-7-8-9-10-11-12-13-14(15)4-2/h3,14H,1,4-13,15H2,2H3. The molecule has 90 valence electrons. The van der Waals surface area contributed by atoms with Crippen LogP contribution in [0.5, 0.6) is 0 Å². The van der Waals surface area contributed by atoms with E-state index in [1.54, 1.807) is 0 Å². The molecule has 1 heteroatoms. The fourth-order valence-electron chi connectivity index (χ4n) is 1.78. The topological polar surface area (TPSA) is 26.0 Å². The molecule has 0 radical (unpaired) electrons. The second-order valence-electron chi connectivity index (χ2n) is 4.51. The molecule has 15 heavy (non-hydrogen) atoms. The van der Waals surface area contributed by atoms with Crippen molar-refractivity contribution >= 4 is 0 Å². The summed E-state index contributed by atoms with van der Waals surface area (Å²) in [7, 11) is 0. The van der Waals surface area contributed by atoms with Crippen LogP contribution in [-0.4, -0.2) is 6.04 Å². The van der Waals surface area contributed by atoms with E-state index in [9.17, 15) is 0 Å². The van der Waals surface area contributed by atoms with Crippen molar-refractivity contribution in [3.8, 4) is 0 Å². The molecule has 1 unspecified atom stereocenters. The van der Waals surface area contributed by atoms with Gasteiger partial charge in [-0.1, -0.05) is 51.5 Å². The highest BCUT2D eigenvalue weighted by molar-refractivity contribution is 4.65. The minimum Gasteiger partial charge on any atom is -0.328 e. The van der Waals surface area contributed by atoms with Gasteiger partial charge in [0.15, 0.2) is 0 Å². The zero-order chi connectivity index (χ0) is 11.4. The second kappa shape index (κ2) is 11.8. The first-order chi connectivity index (χ1) is 7.31. The van der Waals surface area contributed by atoms with Crippen molar-refractivity contribution in [2.24, 2.45) is 5.73 Å². The fourth-order valence-corrected chi connectivity index (χ4v) is 1.78. The van der Waals surface area contributed by atoms with E-state index in [0.29, 0.717) is 6.04 Å². The zero-order valence-corrected chi connectivity index (χ0v) is 10.5. The highest BCUT2D eigenvalue weighted by Crippen LogP contribution is 2.10. The largest absolute Gasteiger partial charge is 0.328 e. The normalized spacial score (nSPS) is 12.7. The molecule has 2 N–H and O–H groups in total. The molecule has 1 atom stereocenters.